The van der Waals surface area contributed by atoms with Crippen molar-refractivity contribution in [1.29, 1.82) is 0 Å². The van der Waals surface area contributed by atoms with Gasteiger partial charge in [-0.3, -0.25) is 9.59 Å². The average Bonchev–Trinajstić information content (AvgIpc) is 2.75. The highest BCUT2D eigenvalue weighted by Gasteiger charge is 2.29. The molecule has 5 nitrogen and oxygen atoms in total. The van der Waals surface area contributed by atoms with Crippen LogP contribution in [0.15, 0.2) is 42.5 Å². The summed E-state index contributed by atoms with van der Waals surface area (Å²) in [7, 11) is 1.60. The molecule has 0 spiro atoms. The molecule has 0 unspecified atom stereocenters. The summed E-state index contributed by atoms with van der Waals surface area (Å²) in [5, 5.41) is 3.94. The van der Waals surface area contributed by atoms with Crippen molar-refractivity contribution in [3.05, 3.63) is 63.6 Å². The molecule has 0 bridgehead atoms. The van der Waals surface area contributed by atoms with E-state index in [0.29, 0.717) is 27.8 Å². The van der Waals surface area contributed by atoms with Gasteiger partial charge in [0.1, 0.15) is 11.8 Å². The van der Waals surface area contributed by atoms with Crippen LogP contribution in [0.25, 0.3) is 0 Å². The molecule has 2 atom stereocenters. The summed E-state index contributed by atoms with van der Waals surface area (Å²) in [4.78, 5) is 28.0. The Labute approximate surface area is 194 Å². The third-order valence-electron chi connectivity index (χ3n) is 5.23. The number of carbonyl (C=O) groups excluding carboxylic acids is 2. The van der Waals surface area contributed by atoms with E-state index in [1.165, 1.54) is 0 Å². The van der Waals surface area contributed by atoms with Crippen LogP contribution in [0.4, 0.5) is 0 Å². The molecular formula is C24H30Cl2N2O3. The van der Waals surface area contributed by atoms with Crippen LogP contribution in [0.2, 0.25) is 10.0 Å². The highest BCUT2D eigenvalue weighted by molar-refractivity contribution is 6.35. The van der Waals surface area contributed by atoms with Crippen molar-refractivity contribution >= 4 is 35.0 Å². The molecule has 0 saturated heterocycles. The number of methoxy groups -OCH3 is 1. The number of hydrogen-bond acceptors (Lipinski definition) is 3. The predicted octanol–water partition coefficient (Wildman–Crippen LogP) is 5.27. The minimum atomic E-state index is -0.598. The number of benzene rings is 2. The van der Waals surface area contributed by atoms with Crippen molar-refractivity contribution < 1.29 is 14.3 Å². The van der Waals surface area contributed by atoms with Crippen LogP contribution in [0.1, 0.15) is 44.7 Å². The maximum absolute atomic E-state index is 13.4. The molecule has 0 aliphatic carbocycles. The molecule has 2 aromatic rings. The number of hydrogen-bond donors (Lipinski definition) is 1. The van der Waals surface area contributed by atoms with E-state index in [4.69, 9.17) is 27.9 Å². The topological polar surface area (TPSA) is 58.6 Å². The average molecular weight is 465 g/mol. The lowest BCUT2D eigenvalue weighted by Gasteiger charge is -2.31. The standard InChI is InChI=1S/C24H30Cl2N2O3/c1-5-16(3)27-24(30)22(6-2)28(15-17-8-7-9-20(12-17)31-4)23(29)13-18-10-11-19(25)14-21(18)26/h7-12,14,16,22H,5-6,13,15H2,1-4H3,(H,27,30)/t16-,22-/m0/s1. The molecule has 0 aliphatic heterocycles. The first kappa shape index (κ1) is 25.0. The summed E-state index contributed by atoms with van der Waals surface area (Å²) in [5.74, 6) is 0.358. The van der Waals surface area contributed by atoms with Gasteiger partial charge >= 0.3 is 0 Å². The van der Waals surface area contributed by atoms with Crippen LogP contribution in [0, 0.1) is 0 Å². The smallest absolute Gasteiger partial charge is 0.243 e. The predicted molar refractivity (Wildman–Crippen MR) is 126 cm³/mol. The maximum atomic E-state index is 13.4. The molecule has 31 heavy (non-hydrogen) atoms. The van der Waals surface area contributed by atoms with E-state index in [1.807, 2.05) is 45.0 Å². The van der Waals surface area contributed by atoms with Crippen LogP contribution >= 0.6 is 23.2 Å². The van der Waals surface area contributed by atoms with Gasteiger partial charge in [-0.2, -0.15) is 0 Å². The molecule has 7 heteroatoms. The highest BCUT2D eigenvalue weighted by atomic mass is 35.5. The van der Waals surface area contributed by atoms with Crippen molar-refractivity contribution in [2.75, 3.05) is 7.11 Å². The number of amides is 2. The van der Waals surface area contributed by atoms with Crippen molar-refractivity contribution in [2.45, 2.75) is 58.7 Å². The third-order valence-corrected chi connectivity index (χ3v) is 5.82. The van der Waals surface area contributed by atoms with Gasteiger partial charge in [0.05, 0.1) is 13.5 Å². The van der Waals surface area contributed by atoms with Crippen molar-refractivity contribution in [3.8, 4) is 5.75 Å². The molecule has 0 radical (unpaired) electrons. The van der Waals surface area contributed by atoms with E-state index in [1.54, 1.807) is 30.2 Å². The van der Waals surface area contributed by atoms with E-state index < -0.39 is 6.04 Å². The molecule has 2 amide bonds. The number of nitrogens with one attached hydrogen (secondary N) is 1. The van der Waals surface area contributed by atoms with Crippen molar-refractivity contribution in [1.82, 2.24) is 10.2 Å². The summed E-state index contributed by atoms with van der Waals surface area (Å²) >= 11 is 12.3. The van der Waals surface area contributed by atoms with Gasteiger partial charge in [0.2, 0.25) is 11.8 Å². The second-order valence-electron chi connectivity index (χ2n) is 7.53. The summed E-state index contributed by atoms with van der Waals surface area (Å²) < 4.78 is 5.31. The monoisotopic (exact) mass is 464 g/mol. The second kappa shape index (κ2) is 12.0. The Hall–Kier alpha value is -2.24. The Balaban J connectivity index is 2.34. The van der Waals surface area contributed by atoms with Gasteiger partial charge in [-0.05, 0) is 55.2 Å². The van der Waals surface area contributed by atoms with E-state index in [2.05, 4.69) is 5.32 Å². The van der Waals surface area contributed by atoms with Gasteiger partial charge in [-0.15, -0.1) is 0 Å². The second-order valence-corrected chi connectivity index (χ2v) is 8.37. The summed E-state index contributed by atoms with van der Waals surface area (Å²) in [5.41, 5.74) is 1.55. The number of halogens is 2. The van der Waals surface area contributed by atoms with Gasteiger partial charge in [0.25, 0.3) is 0 Å². The molecule has 1 N–H and O–H groups in total. The molecule has 2 aromatic carbocycles. The summed E-state index contributed by atoms with van der Waals surface area (Å²) in [6, 6.07) is 12.0. The first-order chi connectivity index (χ1) is 14.8. The van der Waals surface area contributed by atoms with Gasteiger partial charge in [0.15, 0.2) is 0 Å². The van der Waals surface area contributed by atoms with Crippen LogP contribution in [0.3, 0.4) is 0 Å². The number of nitrogens with zero attached hydrogens (tertiary/aromatic N) is 1. The molecule has 0 fully saturated rings. The van der Waals surface area contributed by atoms with Crippen molar-refractivity contribution in [2.24, 2.45) is 0 Å². The fourth-order valence-corrected chi connectivity index (χ4v) is 3.73. The van der Waals surface area contributed by atoms with Gasteiger partial charge < -0.3 is 15.0 Å². The Bertz CT molecular complexity index is 904. The summed E-state index contributed by atoms with van der Waals surface area (Å²) in [6.45, 7) is 6.15. The lowest BCUT2D eigenvalue weighted by atomic mass is 10.1. The molecule has 0 aromatic heterocycles. The van der Waals surface area contributed by atoms with Gasteiger partial charge in [-0.1, -0.05) is 55.2 Å². The third kappa shape index (κ3) is 7.15. The number of rotatable bonds is 10. The molecule has 0 heterocycles. The largest absolute Gasteiger partial charge is 0.497 e. The molecule has 2 rings (SSSR count). The Kier molecular flexibility index (Phi) is 9.66. The molecule has 168 valence electrons. The summed E-state index contributed by atoms with van der Waals surface area (Å²) in [6.07, 6.45) is 1.38. The van der Waals surface area contributed by atoms with Crippen LogP contribution in [-0.2, 0) is 22.6 Å². The van der Waals surface area contributed by atoms with Gasteiger partial charge in [0, 0.05) is 22.6 Å². The highest BCUT2D eigenvalue weighted by Crippen LogP contribution is 2.23. The van der Waals surface area contributed by atoms with E-state index in [9.17, 15) is 9.59 Å². The SMILES string of the molecule is CC[C@H](C)NC(=O)[C@H](CC)N(Cc1cccc(OC)c1)C(=O)Cc1ccc(Cl)cc1Cl. The normalized spacial score (nSPS) is 12.7. The van der Waals surface area contributed by atoms with Gasteiger partial charge in [-0.25, -0.2) is 0 Å². The minimum Gasteiger partial charge on any atom is -0.497 e. The van der Waals surface area contributed by atoms with E-state index in [-0.39, 0.29) is 30.8 Å². The van der Waals surface area contributed by atoms with E-state index >= 15 is 0 Å². The first-order valence-corrected chi connectivity index (χ1v) is 11.2. The maximum Gasteiger partial charge on any atom is 0.243 e. The number of ether oxygens (including phenoxy) is 1. The zero-order chi connectivity index (χ0) is 23.0. The Morgan fingerprint density at radius 2 is 1.84 bits per heavy atom. The molecule has 0 saturated carbocycles. The lowest BCUT2D eigenvalue weighted by molar-refractivity contribution is -0.141. The minimum absolute atomic E-state index is 0.0287. The van der Waals surface area contributed by atoms with E-state index in [0.717, 1.165) is 12.0 Å². The molecule has 0 aliphatic rings. The Morgan fingerprint density at radius 1 is 1.10 bits per heavy atom. The first-order valence-electron chi connectivity index (χ1n) is 10.5. The van der Waals surface area contributed by atoms with Crippen LogP contribution < -0.4 is 10.1 Å². The zero-order valence-corrected chi connectivity index (χ0v) is 20.0. The fourth-order valence-electron chi connectivity index (χ4n) is 3.26. The lowest BCUT2D eigenvalue weighted by Crippen LogP contribution is -2.51. The fraction of sp³-hybridized carbons (Fsp3) is 0.417. The quantitative estimate of drug-likeness (QED) is 0.520. The molecular weight excluding hydrogens is 435 g/mol. The Morgan fingerprint density at radius 3 is 2.45 bits per heavy atom. The number of carbonyl (C=O) groups is 2. The van der Waals surface area contributed by atoms with Crippen molar-refractivity contribution in [3.63, 3.8) is 0 Å². The zero-order valence-electron chi connectivity index (χ0n) is 18.5. The van der Waals surface area contributed by atoms with Crippen LogP contribution in [0.5, 0.6) is 5.75 Å². The van der Waals surface area contributed by atoms with Crippen LogP contribution in [-0.4, -0.2) is 35.9 Å².